The van der Waals surface area contributed by atoms with E-state index in [1.807, 2.05) is 6.92 Å². The minimum absolute atomic E-state index is 0.0293. The average Bonchev–Trinajstić information content (AvgIpc) is 2.81. The molecule has 1 heterocycles. The molecule has 9 heteroatoms. The van der Waals surface area contributed by atoms with Crippen LogP contribution in [0.5, 0.6) is 0 Å². The summed E-state index contributed by atoms with van der Waals surface area (Å²) < 4.78 is 5.23. The molecule has 0 aromatic heterocycles. The molecule has 1 amide bonds. The van der Waals surface area contributed by atoms with Gasteiger partial charge >= 0.3 is 5.97 Å². The number of hydrogen-bond acceptors (Lipinski definition) is 7. The Morgan fingerprint density at radius 2 is 2.08 bits per heavy atom. The number of hydrogen-bond donors (Lipinski definition) is 0. The van der Waals surface area contributed by atoms with Crippen molar-refractivity contribution in [2.24, 2.45) is 0 Å². The first kappa shape index (κ1) is 18.1. The number of rotatable bonds is 6. The largest absolute Gasteiger partial charge is 0.464 e. The van der Waals surface area contributed by atoms with Crippen molar-refractivity contribution in [3.05, 3.63) is 44.8 Å². The zero-order valence-corrected chi connectivity index (χ0v) is 14.4. The van der Waals surface area contributed by atoms with E-state index < -0.39 is 10.9 Å². The number of benzene rings is 1. The van der Waals surface area contributed by atoms with Crippen LogP contribution in [0, 0.1) is 10.1 Å². The second-order valence-electron chi connectivity index (χ2n) is 4.84. The number of nitro groups is 1. The summed E-state index contributed by atoms with van der Waals surface area (Å²) in [7, 11) is 0. The van der Waals surface area contributed by atoms with Gasteiger partial charge in [0.15, 0.2) is 0 Å². The van der Waals surface area contributed by atoms with Gasteiger partial charge in [0.1, 0.15) is 10.9 Å². The maximum absolute atomic E-state index is 12.3. The molecule has 0 spiro atoms. The molecule has 1 fully saturated rings. The number of carbonyl (C=O) groups is 2. The van der Waals surface area contributed by atoms with Crippen molar-refractivity contribution in [2.75, 3.05) is 13.2 Å². The van der Waals surface area contributed by atoms with Crippen LogP contribution in [0.3, 0.4) is 0 Å². The van der Waals surface area contributed by atoms with Crippen molar-refractivity contribution < 1.29 is 19.2 Å². The Hall–Kier alpha value is -2.26. The molecule has 2 rings (SSSR count). The predicted molar refractivity (Wildman–Crippen MR) is 94.2 cm³/mol. The molecule has 0 saturated carbocycles. The molecule has 24 heavy (non-hydrogen) atoms. The van der Waals surface area contributed by atoms with Crippen molar-refractivity contribution in [3.63, 3.8) is 0 Å². The highest BCUT2D eigenvalue weighted by Crippen LogP contribution is 2.32. The first-order valence-electron chi connectivity index (χ1n) is 7.07. The summed E-state index contributed by atoms with van der Waals surface area (Å²) in [6, 6.07) is 5.80. The molecule has 7 nitrogen and oxygen atoms in total. The van der Waals surface area contributed by atoms with Crippen LogP contribution in [0.15, 0.2) is 29.2 Å². The van der Waals surface area contributed by atoms with E-state index in [1.165, 1.54) is 17.0 Å². The summed E-state index contributed by atoms with van der Waals surface area (Å²) in [5, 5.41) is 10.6. The van der Waals surface area contributed by atoms with Gasteiger partial charge in [-0.2, -0.15) is 0 Å². The molecule has 0 bridgehead atoms. The fraction of sp³-hybridized carbons (Fsp3) is 0.267. The Morgan fingerprint density at radius 3 is 2.67 bits per heavy atom. The molecule has 0 N–H and O–H groups in total. The van der Waals surface area contributed by atoms with Gasteiger partial charge in [-0.1, -0.05) is 30.9 Å². The number of thioether (sulfide) groups is 1. The van der Waals surface area contributed by atoms with Gasteiger partial charge in [-0.3, -0.25) is 24.6 Å². The van der Waals surface area contributed by atoms with Crippen molar-refractivity contribution in [3.8, 4) is 0 Å². The molecule has 1 saturated heterocycles. The van der Waals surface area contributed by atoms with E-state index in [2.05, 4.69) is 0 Å². The van der Waals surface area contributed by atoms with Crippen molar-refractivity contribution in [2.45, 2.75) is 13.3 Å². The number of thiocarbonyl (C=S) groups is 1. The highest BCUT2D eigenvalue weighted by atomic mass is 32.2. The Morgan fingerprint density at radius 1 is 1.42 bits per heavy atom. The summed E-state index contributed by atoms with van der Waals surface area (Å²) in [6.07, 6.45) is 2.28. The van der Waals surface area contributed by atoms with Gasteiger partial charge in [0.05, 0.1) is 16.4 Å². The minimum atomic E-state index is -0.510. The number of amides is 1. The molecule has 0 radical (unpaired) electrons. The third kappa shape index (κ3) is 4.39. The quantitative estimate of drug-likeness (QED) is 0.251. The monoisotopic (exact) mass is 366 g/mol. The zero-order chi connectivity index (χ0) is 17.7. The molecule has 0 unspecified atom stereocenters. The van der Waals surface area contributed by atoms with Crippen LogP contribution < -0.4 is 0 Å². The second kappa shape index (κ2) is 8.02. The van der Waals surface area contributed by atoms with Crippen LogP contribution in [-0.4, -0.2) is 39.2 Å². The number of nitrogens with zero attached hydrogens (tertiary/aromatic N) is 2. The third-order valence-corrected chi connectivity index (χ3v) is 4.41. The van der Waals surface area contributed by atoms with Crippen molar-refractivity contribution in [1.29, 1.82) is 0 Å². The molecule has 1 aromatic rings. The van der Waals surface area contributed by atoms with E-state index in [-0.39, 0.29) is 22.5 Å². The first-order valence-corrected chi connectivity index (χ1v) is 8.30. The number of ether oxygens (including phenoxy) is 1. The fourth-order valence-corrected chi connectivity index (χ4v) is 3.13. The molecule has 1 aliphatic heterocycles. The maximum atomic E-state index is 12.3. The summed E-state index contributed by atoms with van der Waals surface area (Å²) in [5.74, 6) is -0.887. The molecular formula is C15H14N2O5S2. The lowest BCUT2D eigenvalue weighted by Gasteiger charge is -2.13. The highest BCUT2D eigenvalue weighted by molar-refractivity contribution is 8.26. The molecular weight excluding hydrogens is 352 g/mol. The smallest absolute Gasteiger partial charge is 0.326 e. The standard InChI is InChI=1S/C15H14N2O5S2/c1-2-7-22-13(18)9-16-14(19)12(24-15(16)23)8-10-3-5-11(6-4-10)17(20)21/h3-6,8H,2,7,9H2,1H3/b12-8-. The van der Waals surface area contributed by atoms with Crippen LogP contribution in [0.25, 0.3) is 6.08 Å². The Kier molecular flexibility index (Phi) is 6.04. The average molecular weight is 366 g/mol. The SMILES string of the molecule is CCCOC(=O)CN1C(=O)/C(=C/c2ccc([N+](=O)[O-])cc2)SC1=S. The van der Waals surface area contributed by atoms with Gasteiger partial charge in [-0.05, 0) is 30.2 Å². The number of esters is 1. The lowest BCUT2D eigenvalue weighted by Crippen LogP contribution is -2.34. The van der Waals surface area contributed by atoms with Gasteiger partial charge in [0.2, 0.25) is 0 Å². The molecule has 0 atom stereocenters. The lowest BCUT2D eigenvalue weighted by atomic mass is 10.2. The van der Waals surface area contributed by atoms with Crippen LogP contribution in [-0.2, 0) is 14.3 Å². The van der Waals surface area contributed by atoms with Crippen molar-refractivity contribution >= 4 is 51.9 Å². The van der Waals surface area contributed by atoms with Crippen LogP contribution >= 0.6 is 24.0 Å². The minimum Gasteiger partial charge on any atom is -0.464 e. The van der Waals surface area contributed by atoms with E-state index in [1.54, 1.807) is 18.2 Å². The summed E-state index contributed by atoms with van der Waals surface area (Å²) >= 11 is 6.21. The lowest BCUT2D eigenvalue weighted by molar-refractivity contribution is -0.384. The van der Waals surface area contributed by atoms with Crippen LogP contribution in [0.4, 0.5) is 5.69 Å². The van der Waals surface area contributed by atoms with Gasteiger partial charge in [-0.15, -0.1) is 0 Å². The first-order chi connectivity index (χ1) is 11.4. The topological polar surface area (TPSA) is 89.8 Å². The van der Waals surface area contributed by atoms with E-state index in [0.29, 0.717) is 23.5 Å². The summed E-state index contributed by atoms with van der Waals surface area (Å²) in [4.78, 5) is 35.7. The fourth-order valence-electron chi connectivity index (χ4n) is 1.87. The number of non-ortho nitro benzene ring substituents is 1. The molecule has 0 aliphatic carbocycles. The van der Waals surface area contributed by atoms with E-state index >= 15 is 0 Å². The second-order valence-corrected chi connectivity index (χ2v) is 6.51. The third-order valence-electron chi connectivity index (χ3n) is 3.03. The van der Waals surface area contributed by atoms with Crippen molar-refractivity contribution in [1.82, 2.24) is 4.90 Å². The highest BCUT2D eigenvalue weighted by Gasteiger charge is 2.33. The van der Waals surface area contributed by atoms with Crippen LogP contribution in [0.2, 0.25) is 0 Å². The van der Waals surface area contributed by atoms with E-state index in [4.69, 9.17) is 17.0 Å². The number of carbonyl (C=O) groups excluding carboxylic acids is 2. The van der Waals surface area contributed by atoms with Gasteiger partial charge in [-0.25, -0.2) is 0 Å². The summed E-state index contributed by atoms with van der Waals surface area (Å²) in [6.45, 7) is 1.95. The van der Waals surface area contributed by atoms with Crippen LogP contribution in [0.1, 0.15) is 18.9 Å². The molecule has 126 valence electrons. The Balaban J connectivity index is 2.09. The number of nitro benzene ring substituents is 1. The van der Waals surface area contributed by atoms with Gasteiger partial charge in [0, 0.05) is 12.1 Å². The Labute approximate surface area is 147 Å². The van der Waals surface area contributed by atoms with Gasteiger partial charge in [0.25, 0.3) is 11.6 Å². The normalized spacial score (nSPS) is 15.9. The Bertz CT molecular complexity index is 715. The predicted octanol–water partition coefficient (Wildman–Crippen LogP) is 2.75. The maximum Gasteiger partial charge on any atom is 0.326 e. The molecule has 1 aliphatic rings. The van der Waals surface area contributed by atoms with Gasteiger partial charge < -0.3 is 4.74 Å². The molecule has 1 aromatic carbocycles. The van der Waals surface area contributed by atoms with E-state index in [0.717, 1.165) is 11.8 Å². The van der Waals surface area contributed by atoms with E-state index in [9.17, 15) is 19.7 Å². The zero-order valence-electron chi connectivity index (χ0n) is 12.8. The summed E-state index contributed by atoms with van der Waals surface area (Å²) in [5.41, 5.74) is 0.605.